The number of carbonyl (C=O) groups is 2. The molecule has 0 unspecified atom stereocenters. The van der Waals surface area contributed by atoms with Gasteiger partial charge in [0.2, 0.25) is 11.8 Å². The first-order valence-corrected chi connectivity index (χ1v) is 10.9. The van der Waals surface area contributed by atoms with Gasteiger partial charge in [0.25, 0.3) is 0 Å². The lowest BCUT2D eigenvalue weighted by molar-refractivity contribution is -0.138. The first kappa shape index (κ1) is 17.4. The van der Waals surface area contributed by atoms with Gasteiger partial charge in [0.15, 0.2) is 0 Å². The number of amides is 2. The first-order valence-electron chi connectivity index (χ1n) is 9.13. The molecule has 0 radical (unpaired) electrons. The van der Waals surface area contributed by atoms with E-state index >= 15 is 0 Å². The number of fused-ring (bicyclic) bond motifs is 1. The number of thioether (sulfide) groups is 1. The van der Waals surface area contributed by atoms with Crippen LogP contribution in [0.4, 0.5) is 0 Å². The Bertz CT molecular complexity index is 675. The summed E-state index contributed by atoms with van der Waals surface area (Å²) in [5.41, 5.74) is 1.12. The number of rotatable bonds is 3. The average molecular weight is 423 g/mol. The molecular weight excluding hydrogens is 400 g/mol. The standard InChI is InChI=1S/C19H23BrN2O2S/c20-14-8-6-13(7-9-14)19-11-10-17(23)22(19)16(12-25-19)18(24)21-15-4-2-1-3-5-15/h6-9,15-16H,1-5,10-12H2,(H,21,24)/t16-,19+/m0/s1. The molecule has 4 rings (SSSR count). The Morgan fingerprint density at radius 2 is 1.92 bits per heavy atom. The van der Waals surface area contributed by atoms with Gasteiger partial charge in [-0.05, 0) is 37.0 Å². The van der Waals surface area contributed by atoms with E-state index in [-0.39, 0.29) is 28.8 Å². The second-order valence-corrected chi connectivity index (χ2v) is 9.44. The van der Waals surface area contributed by atoms with Gasteiger partial charge in [-0.15, -0.1) is 11.8 Å². The second-order valence-electron chi connectivity index (χ2n) is 7.23. The zero-order valence-electron chi connectivity index (χ0n) is 14.2. The van der Waals surface area contributed by atoms with E-state index in [1.165, 1.54) is 19.3 Å². The minimum Gasteiger partial charge on any atom is -0.352 e. The molecule has 0 aromatic heterocycles. The molecule has 2 heterocycles. The summed E-state index contributed by atoms with van der Waals surface area (Å²) in [5, 5.41) is 3.22. The highest BCUT2D eigenvalue weighted by Gasteiger charge is 2.56. The Morgan fingerprint density at radius 3 is 2.64 bits per heavy atom. The molecular formula is C19H23BrN2O2S. The number of benzene rings is 1. The molecule has 1 aromatic carbocycles. The lowest BCUT2D eigenvalue weighted by atomic mass is 9.95. The molecule has 6 heteroatoms. The van der Waals surface area contributed by atoms with Crippen LogP contribution in [0.25, 0.3) is 0 Å². The van der Waals surface area contributed by atoms with E-state index in [9.17, 15) is 9.59 Å². The Labute approximate surface area is 161 Å². The minimum atomic E-state index is -0.369. The minimum absolute atomic E-state index is 0.0358. The fourth-order valence-electron chi connectivity index (χ4n) is 4.39. The number of hydrogen-bond donors (Lipinski definition) is 1. The van der Waals surface area contributed by atoms with Crippen molar-refractivity contribution in [2.45, 2.75) is 61.9 Å². The third-order valence-electron chi connectivity index (χ3n) is 5.68. The molecule has 3 aliphatic rings. The van der Waals surface area contributed by atoms with Crippen LogP contribution in [-0.2, 0) is 14.5 Å². The SMILES string of the molecule is O=C(NC1CCCCC1)[C@@H]1CS[C@@]2(c3ccc(Br)cc3)CCC(=O)N12. The van der Waals surface area contributed by atoms with Gasteiger partial charge in [0, 0.05) is 22.7 Å². The maximum atomic E-state index is 12.9. The first-order chi connectivity index (χ1) is 12.1. The van der Waals surface area contributed by atoms with E-state index in [0.717, 1.165) is 29.3 Å². The zero-order chi connectivity index (χ0) is 17.4. The van der Waals surface area contributed by atoms with E-state index in [1.807, 2.05) is 17.0 Å². The molecule has 1 aromatic rings. The average Bonchev–Trinajstić information content (AvgIpc) is 3.16. The van der Waals surface area contributed by atoms with Gasteiger partial charge in [0.05, 0.1) is 0 Å². The summed E-state index contributed by atoms with van der Waals surface area (Å²) in [5.74, 6) is 0.825. The summed E-state index contributed by atoms with van der Waals surface area (Å²) >= 11 is 5.23. The van der Waals surface area contributed by atoms with Crippen molar-refractivity contribution in [3.05, 3.63) is 34.3 Å². The molecule has 0 bridgehead atoms. The van der Waals surface area contributed by atoms with Gasteiger partial charge >= 0.3 is 0 Å². The monoisotopic (exact) mass is 422 g/mol. The Balaban J connectivity index is 1.56. The van der Waals surface area contributed by atoms with Crippen LogP contribution in [0.2, 0.25) is 0 Å². The summed E-state index contributed by atoms with van der Waals surface area (Å²) in [6.07, 6.45) is 7.09. The van der Waals surface area contributed by atoms with Crippen molar-refractivity contribution in [3.63, 3.8) is 0 Å². The van der Waals surface area contributed by atoms with Crippen molar-refractivity contribution < 1.29 is 9.59 Å². The molecule has 3 fully saturated rings. The number of nitrogens with one attached hydrogen (secondary N) is 1. The van der Waals surface area contributed by atoms with Crippen molar-refractivity contribution in [1.82, 2.24) is 10.2 Å². The van der Waals surface area contributed by atoms with Gasteiger partial charge < -0.3 is 10.2 Å². The van der Waals surface area contributed by atoms with Crippen LogP contribution in [-0.4, -0.2) is 34.6 Å². The number of nitrogens with zero attached hydrogens (tertiary/aromatic N) is 1. The van der Waals surface area contributed by atoms with Crippen LogP contribution in [0.3, 0.4) is 0 Å². The third-order valence-corrected chi connectivity index (χ3v) is 7.80. The van der Waals surface area contributed by atoms with E-state index in [0.29, 0.717) is 12.2 Å². The Morgan fingerprint density at radius 1 is 1.20 bits per heavy atom. The normalized spacial score (nSPS) is 29.7. The van der Waals surface area contributed by atoms with Gasteiger partial charge in [-0.2, -0.15) is 0 Å². The van der Waals surface area contributed by atoms with Crippen LogP contribution in [0.15, 0.2) is 28.7 Å². The molecule has 2 amide bonds. The van der Waals surface area contributed by atoms with E-state index < -0.39 is 0 Å². The van der Waals surface area contributed by atoms with Gasteiger partial charge in [0.1, 0.15) is 10.9 Å². The van der Waals surface area contributed by atoms with Gasteiger partial charge in [-0.3, -0.25) is 9.59 Å². The summed E-state index contributed by atoms with van der Waals surface area (Å²) in [6, 6.07) is 8.12. The maximum Gasteiger partial charge on any atom is 0.243 e. The van der Waals surface area contributed by atoms with Crippen LogP contribution < -0.4 is 5.32 Å². The topological polar surface area (TPSA) is 49.4 Å². The number of halogens is 1. The molecule has 0 spiro atoms. The van der Waals surface area contributed by atoms with Crippen LogP contribution in [0.1, 0.15) is 50.5 Å². The predicted octanol–water partition coefficient (Wildman–Crippen LogP) is 3.79. The van der Waals surface area contributed by atoms with Crippen LogP contribution in [0.5, 0.6) is 0 Å². The smallest absolute Gasteiger partial charge is 0.243 e. The van der Waals surface area contributed by atoms with Crippen molar-refractivity contribution in [2.24, 2.45) is 0 Å². The van der Waals surface area contributed by atoms with Crippen molar-refractivity contribution >= 4 is 39.5 Å². The van der Waals surface area contributed by atoms with Crippen molar-refractivity contribution in [2.75, 3.05) is 5.75 Å². The molecule has 134 valence electrons. The number of carbonyl (C=O) groups excluding carboxylic acids is 2. The fourth-order valence-corrected chi connectivity index (χ4v) is 6.31. The van der Waals surface area contributed by atoms with E-state index in [1.54, 1.807) is 11.8 Å². The predicted molar refractivity (Wildman–Crippen MR) is 103 cm³/mol. The number of hydrogen-bond acceptors (Lipinski definition) is 3. The Kier molecular flexibility index (Phi) is 4.84. The molecule has 25 heavy (non-hydrogen) atoms. The largest absolute Gasteiger partial charge is 0.352 e. The summed E-state index contributed by atoms with van der Waals surface area (Å²) < 4.78 is 1.03. The van der Waals surface area contributed by atoms with Crippen LogP contribution >= 0.6 is 27.7 Å². The third kappa shape index (κ3) is 3.12. The van der Waals surface area contributed by atoms with Crippen LogP contribution in [0, 0.1) is 0 Å². The second kappa shape index (κ2) is 6.95. The highest BCUT2D eigenvalue weighted by Crippen LogP contribution is 2.54. The summed E-state index contributed by atoms with van der Waals surface area (Å²) in [7, 11) is 0. The highest BCUT2D eigenvalue weighted by molar-refractivity contribution is 9.10. The van der Waals surface area contributed by atoms with Gasteiger partial charge in [-0.1, -0.05) is 47.3 Å². The summed E-state index contributed by atoms with van der Waals surface area (Å²) in [6.45, 7) is 0. The van der Waals surface area contributed by atoms with E-state index in [2.05, 4.69) is 33.4 Å². The lowest BCUT2D eigenvalue weighted by Gasteiger charge is -2.34. The quantitative estimate of drug-likeness (QED) is 0.805. The Hall–Kier alpha value is -1.01. The molecule has 2 saturated heterocycles. The van der Waals surface area contributed by atoms with Crippen molar-refractivity contribution in [3.8, 4) is 0 Å². The molecule has 1 aliphatic carbocycles. The molecule has 1 N–H and O–H groups in total. The van der Waals surface area contributed by atoms with Crippen molar-refractivity contribution in [1.29, 1.82) is 0 Å². The highest BCUT2D eigenvalue weighted by atomic mass is 79.9. The van der Waals surface area contributed by atoms with Gasteiger partial charge in [-0.25, -0.2) is 0 Å². The molecule has 4 nitrogen and oxygen atoms in total. The zero-order valence-corrected chi connectivity index (χ0v) is 16.6. The summed E-state index contributed by atoms with van der Waals surface area (Å²) in [4.78, 5) is 27.0. The maximum absolute atomic E-state index is 12.9. The lowest BCUT2D eigenvalue weighted by Crippen LogP contribution is -2.52. The molecule has 2 aliphatic heterocycles. The van der Waals surface area contributed by atoms with E-state index in [4.69, 9.17) is 0 Å². The molecule has 2 atom stereocenters. The molecule has 1 saturated carbocycles. The fraction of sp³-hybridized carbons (Fsp3) is 0.579.